The van der Waals surface area contributed by atoms with Crippen LogP contribution in [0.15, 0.2) is 78.9 Å². The zero-order valence-electron chi connectivity index (χ0n) is 22.6. The van der Waals surface area contributed by atoms with E-state index in [-0.39, 0.29) is 24.9 Å². The summed E-state index contributed by atoms with van der Waals surface area (Å²) in [5.41, 5.74) is 4.37. The molecule has 8 heteroatoms. The van der Waals surface area contributed by atoms with Crippen molar-refractivity contribution in [3.8, 4) is 11.1 Å². The standard InChI is InChI=1S/C32H35N3O5/c1-2-23(18-29(36)37)33-30(38)32(16-17-35(21-32)19-22-10-4-3-5-11-22)34-31(39)40-20-28-26-14-8-6-12-24(26)25-13-7-9-15-27(25)28/h3-15,23,28H,2,16-21H2,1H3,(H,33,38)(H,34,39)(H,36,37)/t23-,32?/m1/s1. The highest BCUT2D eigenvalue weighted by molar-refractivity contribution is 5.91. The van der Waals surface area contributed by atoms with E-state index in [1.807, 2.05) is 61.5 Å². The molecule has 0 saturated carbocycles. The lowest BCUT2D eigenvalue weighted by Gasteiger charge is -2.31. The summed E-state index contributed by atoms with van der Waals surface area (Å²) >= 11 is 0. The molecule has 0 radical (unpaired) electrons. The van der Waals surface area contributed by atoms with Gasteiger partial charge in [-0.3, -0.25) is 14.5 Å². The number of nitrogens with one attached hydrogen (secondary N) is 2. The summed E-state index contributed by atoms with van der Waals surface area (Å²) in [5.74, 6) is -1.46. The van der Waals surface area contributed by atoms with Gasteiger partial charge in [-0.25, -0.2) is 4.79 Å². The summed E-state index contributed by atoms with van der Waals surface area (Å²) in [6, 6.07) is 25.7. The van der Waals surface area contributed by atoms with Gasteiger partial charge in [0.05, 0.1) is 6.42 Å². The third-order valence-electron chi connectivity index (χ3n) is 7.97. The van der Waals surface area contributed by atoms with E-state index < -0.39 is 23.6 Å². The number of amides is 2. The molecule has 2 amide bonds. The summed E-state index contributed by atoms with van der Waals surface area (Å²) in [6.45, 7) is 3.50. The van der Waals surface area contributed by atoms with Crippen molar-refractivity contribution in [1.82, 2.24) is 15.5 Å². The fourth-order valence-electron chi connectivity index (χ4n) is 5.87. The summed E-state index contributed by atoms with van der Waals surface area (Å²) in [6.07, 6.45) is 0.00763. The van der Waals surface area contributed by atoms with Crippen LogP contribution in [0.2, 0.25) is 0 Å². The van der Waals surface area contributed by atoms with Crippen LogP contribution >= 0.6 is 0 Å². The summed E-state index contributed by atoms with van der Waals surface area (Å²) < 4.78 is 5.78. The van der Waals surface area contributed by atoms with Gasteiger partial charge in [0.1, 0.15) is 12.1 Å². The topological polar surface area (TPSA) is 108 Å². The van der Waals surface area contributed by atoms with Crippen LogP contribution in [-0.2, 0) is 20.9 Å². The second-order valence-electron chi connectivity index (χ2n) is 10.7. The maximum Gasteiger partial charge on any atom is 0.408 e. The minimum absolute atomic E-state index is 0.0962. The van der Waals surface area contributed by atoms with Crippen molar-refractivity contribution in [3.05, 3.63) is 95.6 Å². The molecule has 1 fully saturated rings. The SMILES string of the molecule is CC[C@H](CC(=O)O)NC(=O)C1(NC(=O)OCC2c3ccccc3-c3ccccc32)CCN(Cc2ccccc2)C1. The Bertz CT molecular complexity index is 1330. The Balaban J connectivity index is 1.31. The number of ether oxygens (including phenoxy) is 1. The molecule has 2 atom stereocenters. The molecule has 1 heterocycles. The minimum Gasteiger partial charge on any atom is -0.481 e. The molecule has 8 nitrogen and oxygen atoms in total. The first-order valence-electron chi connectivity index (χ1n) is 13.8. The van der Waals surface area contributed by atoms with E-state index in [1.54, 1.807) is 0 Å². The minimum atomic E-state index is -1.23. The van der Waals surface area contributed by atoms with Crippen molar-refractivity contribution in [2.75, 3.05) is 19.7 Å². The second kappa shape index (κ2) is 11.9. The Labute approximate surface area is 234 Å². The first-order chi connectivity index (χ1) is 19.4. The summed E-state index contributed by atoms with van der Waals surface area (Å²) in [7, 11) is 0. The van der Waals surface area contributed by atoms with E-state index in [2.05, 4.69) is 39.8 Å². The molecule has 1 saturated heterocycles. The normalized spacial score (nSPS) is 18.9. The van der Waals surface area contributed by atoms with Crippen LogP contribution in [0.1, 0.15) is 48.8 Å². The molecule has 3 aromatic rings. The van der Waals surface area contributed by atoms with Gasteiger partial charge >= 0.3 is 12.1 Å². The van der Waals surface area contributed by atoms with Gasteiger partial charge < -0.3 is 20.5 Å². The number of benzene rings is 3. The second-order valence-corrected chi connectivity index (χ2v) is 10.7. The molecule has 0 aromatic heterocycles. The number of carboxylic acids is 1. The first kappa shape index (κ1) is 27.4. The quantitative estimate of drug-likeness (QED) is 0.348. The van der Waals surface area contributed by atoms with E-state index in [1.165, 1.54) is 0 Å². The number of likely N-dealkylation sites (tertiary alicyclic amines) is 1. The zero-order chi connectivity index (χ0) is 28.1. The molecule has 0 bridgehead atoms. The number of carbonyl (C=O) groups is 3. The molecule has 5 rings (SSSR count). The fraction of sp³-hybridized carbons (Fsp3) is 0.344. The highest BCUT2D eigenvalue weighted by Crippen LogP contribution is 2.44. The molecule has 3 N–H and O–H groups in total. The van der Waals surface area contributed by atoms with Gasteiger partial charge in [-0.05, 0) is 40.7 Å². The monoisotopic (exact) mass is 541 g/mol. The van der Waals surface area contributed by atoms with Crippen LogP contribution in [0.5, 0.6) is 0 Å². The number of carboxylic acid groups (broad SMARTS) is 1. The fourth-order valence-corrected chi connectivity index (χ4v) is 5.87. The number of hydrogen-bond acceptors (Lipinski definition) is 5. The average Bonchev–Trinajstić information content (AvgIpc) is 3.51. The van der Waals surface area contributed by atoms with Crippen molar-refractivity contribution in [2.24, 2.45) is 0 Å². The summed E-state index contributed by atoms with van der Waals surface area (Å²) in [5, 5.41) is 15.1. The van der Waals surface area contributed by atoms with Crippen LogP contribution in [0.25, 0.3) is 11.1 Å². The Morgan fingerprint density at radius 1 is 0.975 bits per heavy atom. The van der Waals surface area contributed by atoms with Crippen molar-refractivity contribution < 1.29 is 24.2 Å². The molecule has 0 spiro atoms. The van der Waals surface area contributed by atoms with Crippen LogP contribution < -0.4 is 10.6 Å². The number of hydrogen-bond donors (Lipinski definition) is 3. The van der Waals surface area contributed by atoms with Gasteiger partial charge in [-0.15, -0.1) is 0 Å². The third-order valence-corrected chi connectivity index (χ3v) is 7.97. The molecule has 1 aliphatic heterocycles. The molecule has 208 valence electrons. The van der Waals surface area contributed by atoms with Gasteiger partial charge in [0.15, 0.2) is 0 Å². The van der Waals surface area contributed by atoms with Gasteiger partial charge in [0.2, 0.25) is 5.91 Å². The predicted octanol–water partition coefficient (Wildman–Crippen LogP) is 4.54. The molecule has 40 heavy (non-hydrogen) atoms. The van der Waals surface area contributed by atoms with Crippen molar-refractivity contribution >= 4 is 18.0 Å². The molecule has 1 aliphatic carbocycles. The number of carbonyl (C=O) groups excluding carboxylic acids is 2. The maximum atomic E-state index is 13.6. The number of fused-ring (bicyclic) bond motifs is 3. The van der Waals surface area contributed by atoms with E-state index in [0.29, 0.717) is 32.5 Å². The Morgan fingerprint density at radius 2 is 1.60 bits per heavy atom. The van der Waals surface area contributed by atoms with Gasteiger partial charge in [0, 0.05) is 31.6 Å². The van der Waals surface area contributed by atoms with Gasteiger partial charge in [0.25, 0.3) is 0 Å². The smallest absolute Gasteiger partial charge is 0.408 e. The lowest BCUT2D eigenvalue weighted by atomic mass is 9.96. The number of nitrogens with zero attached hydrogens (tertiary/aromatic N) is 1. The number of rotatable bonds is 10. The van der Waals surface area contributed by atoms with Gasteiger partial charge in [-0.2, -0.15) is 0 Å². The first-order valence-corrected chi connectivity index (χ1v) is 13.8. The van der Waals surface area contributed by atoms with E-state index in [4.69, 9.17) is 4.74 Å². The molecule has 2 aliphatic rings. The predicted molar refractivity (Wildman–Crippen MR) is 152 cm³/mol. The van der Waals surface area contributed by atoms with Crippen molar-refractivity contribution in [1.29, 1.82) is 0 Å². The Hall–Kier alpha value is -4.17. The largest absolute Gasteiger partial charge is 0.481 e. The molecule has 3 aromatic carbocycles. The van der Waals surface area contributed by atoms with Crippen LogP contribution in [-0.4, -0.2) is 59.3 Å². The summed E-state index contributed by atoms with van der Waals surface area (Å²) in [4.78, 5) is 40.3. The number of aliphatic carboxylic acids is 1. The van der Waals surface area contributed by atoms with Crippen molar-refractivity contribution in [3.63, 3.8) is 0 Å². The van der Waals surface area contributed by atoms with Crippen LogP contribution in [0.4, 0.5) is 4.79 Å². The zero-order valence-corrected chi connectivity index (χ0v) is 22.6. The number of alkyl carbamates (subject to hydrolysis) is 1. The lowest BCUT2D eigenvalue weighted by Crippen LogP contribution is -2.62. The molecular weight excluding hydrogens is 506 g/mol. The molecular formula is C32H35N3O5. The van der Waals surface area contributed by atoms with Crippen LogP contribution in [0, 0.1) is 0 Å². The van der Waals surface area contributed by atoms with Gasteiger partial charge in [-0.1, -0.05) is 85.8 Å². The lowest BCUT2D eigenvalue weighted by molar-refractivity contribution is -0.138. The third kappa shape index (κ3) is 5.87. The highest BCUT2D eigenvalue weighted by Gasteiger charge is 2.47. The average molecular weight is 542 g/mol. The Morgan fingerprint density at radius 3 is 2.23 bits per heavy atom. The van der Waals surface area contributed by atoms with E-state index in [0.717, 1.165) is 27.8 Å². The van der Waals surface area contributed by atoms with Crippen LogP contribution in [0.3, 0.4) is 0 Å². The highest BCUT2D eigenvalue weighted by atomic mass is 16.5. The Kier molecular flexibility index (Phi) is 8.16. The molecule has 1 unspecified atom stereocenters. The van der Waals surface area contributed by atoms with E-state index >= 15 is 0 Å². The van der Waals surface area contributed by atoms with E-state index in [9.17, 15) is 19.5 Å². The van der Waals surface area contributed by atoms with Crippen molar-refractivity contribution in [2.45, 2.75) is 50.2 Å². The maximum absolute atomic E-state index is 13.6.